The van der Waals surface area contributed by atoms with Crippen molar-refractivity contribution in [2.75, 3.05) is 26.7 Å². The molecule has 0 radical (unpaired) electrons. The molecule has 1 aromatic heterocycles. The topological polar surface area (TPSA) is 97.3 Å². The number of rotatable bonds is 1. The van der Waals surface area contributed by atoms with E-state index in [2.05, 4.69) is 4.98 Å². The van der Waals surface area contributed by atoms with Crippen LogP contribution in [0.2, 0.25) is 0 Å². The summed E-state index contributed by atoms with van der Waals surface area (Å²) in [4.78, 5) is 43.0. The molecule has 0 bridgehead atoms. The van der Waals surface area contributed by atoms with Gasteiger partial charge in [0.1, 0.15) is 11.6 Å². The number of pyridine rings is 1. The number of amides is 2. The van der Waals surface area contributed by atoms with E-state index in [1.54, 1.807) is 29.8 Å². The van der Waals surface area contributed by atoms with Crippen LogP contribution in [0.3, 0.4) is 0 Å². The van der Waals surface area contributed by atoms with E-state index in [9.17, 15) is 14.4 Å². The van der Waals surface area contributed by atoms with Crippen molar-refractivity contribution in [1.29, 1.82) is 5.26 Å². The Labute approximate surface area is 139 Å². The Bertz CT molecular complexity index is 807. The molecule has 2 aliphatic rings. The predicted octanol–water partition coefficient (Wildman–Crippen LogP) is 0.639. The summed E-state index contributed by atoms with van der Waals surface area (Å²) >= 11 is 0. The average Bonchev–Trinajstić information content (AvgIpc) is 2.97. The highest BCUT2D eigenvalue weighted by Gasteiger charge is 2.48. The fourth-order valence-corrected chi connectivity index (χ4v) is 3.79. The lowest BCUT2D eigenvalue weighted by atomic mass is 9.78. The molecule has 7 nitrogen and oxygen atoms in total. The minimum atomic E-state index is -0.492. The number of carbonyl (C=O) groups excluding carboxylic acids is 2. The number of likely N-dealkylation sites (tertiary alicyclic amines) is 2. The van der Waals surface area contributed by atoms with Gasteiger partial charge in [0.25, 0.3) is 11.5 Å². The Kier molecular flexibility index (Phi) is 3.91. The van der Waals surface area contributed by atoms with Crippen LogP contribution in [0.4, 0.5) is 0 Å². The molecular weight excluding hydrogens is 308 g/mol. The third-order valence-electron chi connectivity index (χ3n) is 5.18. The number of H-pyrrole nitrogens is 1. The van der Waals surface area contributed by atoms with Crippen LogP contribution in [0.25, 0.3) is 0 Å². The second kappa shape index (κ2) is 5.78. The van der Waals surface area contributed by atoms with Crippen LogP contribution in [0, 0.1) is 23.7 Å². The van der Waals surface area contributed by atoms with E-state index < -0.39 is 11.0 Å². The monoisotopic (exact) mass is 328 g/mol. The van der Waals surface area contributed by atoms with E-state index >= 15 is 0 Å². The highest BCUT2D eigenvalue weighted by molar-refractivity contribution is 5.96. The molecule has 1 spiro atoms. The first-order valence-corrected chi connectivity index (χ1v) is 8.07. The zero-order chi connectivity index (χ0) is 17.5. The van der Waals surface area contributed by atoms with Crippen LogP contribution in [0.15, 0.2) is 10.9 Å². The normalized spacial score (nSPS) is 23.6. The molecule has 1 atom stereocenters. The maximum Gasteiger partial charge on any atom is 0.266 e. The van der Waals surface area contributed by atoms with Gasteiger partial charge in [-0.3, -0.25) is 14.4 Å². The first-order valence-electron chi connectivity index (χ1n) is 8.07. The Morgan fingerprint density at radius 1 is 1.33 bits per heavy atom. The molecule has 2 saturated heterocycles. The molecule has 0 unspecified atom stereocenters. The number of aromatic amines is 1. The van der Waals surface area contributed by atoms with Gasteiger partial charge in [0.15, 0.2) is 0 Å². The number of carbonyl (C=O) groups is 2. The number of aryl methyl sites for hydroxylation is 1. The van der Waals surface area contributed by atoms with Gasteiger partial charge in [-0.05, 0) is 32.3 Å². The summed E-state index contributed by atoms with van der Waals surface area (Å²) in [6, 6.07) is 3.15. The SMILES string of the molecule is Cc1[nH]c(=O)c(C#N)cc1C(=O)N1CC[C@@]2(CCCN(C)C2=O)C1. The van der Waals surface area contributed by atoms with E-state index in [0.29, 0.717) is 30.8 Å². The van der Waals surface area contributed by atoms with Crippen molar-refractivity contribution in [3.63, 3.8) is 0 Å². The van der Waals surface area contributed by atoms with Gasteiger partial charge in [0.2, 0.25) is 5.91 Å². The number of piperidine rings is 1. The van der Waals surface area contributed by atoms with Gasteiger partial charge in [-0.25, -0.2) is 0 Å². The zero-order valence-corrected chi connectivity index (χ0v) is 13.9. The van der Waals surface area contributed by atoms with Crippen LogP contribution in [0.1, 0.15) is 40.9 Å². The van der Waals surface area contributed by atoms with Crippen molar-refractivity contribution in [2.24, 2.45) is 5.41 Å². The van der Waals surface area contributed by atoms with E-state index in [0.717, 1.165) is 19.4 Å². The predicted molar refractivity (Wildman–Crippen MR) is 86.3 cm³/mol. The highest BCUT2D eigenvalue weighted by Crippen LogP contribution is 2.40. The maximum atomic E-state index is 12.8. The first kappa shape index (κ1) is 16.2. The number of hydrogen-bond acceptors (Lipinski definition) is 4. The summed E-state index contributed by atoms with van der Waals surface area (Å²) in [6.45, 7) is 3.31. The van der Waals surface area contributed by atoms with Crippen molar-refractivity contribution < 1.29 is 9.59 Å². The summed E-state index contributed by atoms with van der Waals surface area (Å²) in [5.41, 5.74) is -0.284. The van der Waals surface area contributed by atoms with Crippen molar-refractivity contribution in [3.8, 4) is 6.07 Å². The Balaban J connectivity index is 1.87. The third kappa shape index (κ3) is 2.48. The fraction of sp³-hybridized carbons (Fsp3) is 0.529. The Morgan fingerprint density at radius 3 is 2.79 bits per heavy atom. The molecule has 2 aliphatic heterocycles. The second-order valence-corrected chi connectivity index (χ2v) is 6.75. The molecular formula is C17H20N4O3. The maximum absolute atomic E-state index is 12.8. The smallest absolute Gasteiger partial charge is 0.266 e. The summed E-state index contributed by atoms with van der Waals surface area (Å²) in [6.07, 6.45) is 2.41. The van der Waals surface area contributed by atoms with Crippen molar-refractivity contribution in [1.82, 2.24) is 14.8 Å². The van der Waals surface area contributed by atoms with Gasteiger partial charge in [-0.1, -0.05) is 0 Å². The number of nitrogens with zero attached hydrogens (tertiary/aromatic N) is 3. The van der Waals surface area contributed by atoms with Gasteiger partial charge < -0.3 is 14.8 Å². The van der Waals surface area contributed by atoms with Gasteiger partial charge in [0.05, 0.1) is 11.0 Å². The first-order chi connectivity index (χ1) is 11.4. The average molecular weight is 328 g/mol. The van der Waals surface area contributed by atoms with E-state index in [4.69, 9.17) is 5.26 Å². The lowest BCUT2D eigenvalue weighted by Crippen LogP contribution is -2.48. The molecule has 1 N–H and O–H groups in total. The third-order valence-corrected chi connectivity index (χ3v) is 5.18. The van der Waals surface area contributed by atoms with E-state index in [1.165, 1.54) is 6.07 Å². The molecule has 0 saturated carbocycles. The van der Waals surface area contributed by atoms with Crippen molar-refractivity contribution in [3.05, 3.63) is 33.2 Å². The van der Waals surface area contributed by atoms with Crippen LogP contribution in [0.5, 0.6) is 0 Å². The molecule has 0 aromatic carbocycles. The molecule has 7 heteroatoms. The van der Waals surface area contributed by atoms with Gasteiger partial charge >= 0.3 is 0 Å². The molecule has 2 fully saturated rings. The summed E-state index contributed by atoms with van der Waals surface area (Å²) < 4.78 is 0. The molecule has 0 aliphatic carbocycles. The molecule has 24 heavy (non-hydrogen) atoms. The molecule has 2 amide bonds. The van der Waals surface area contributed by atoms with Gasteiger partial charge in [-0.15, -0.1) is 0 Å². The van der Waals surface area contributed by atoms with Crippen LogP contribution in [-0.4, -0.2) is 53.3 Å². The Morgan fingerprint density at radius 2 is 2.08 bits per heavy atom. The summed E-state index contributed by atoms with van der Waals surface area (Å²) in [5, 5.41) is 9.00. The van der Waals surface area contributed by atoms with Crippen LogP contribution in [-0.2, 0) is 4.79 Å². The molecule has 1 aromatic rings. The largest absolute Gasteiger partial charge is 0.345 e. The number of nitrogens with one attached hydrogen (secondary N) is 1. The van der Waals surface area contributed by atoms with Gasteiger partial charge in [-0.2, -0.15) is 5.26 Å². The summed E-state index contributed by atoms with van der Waals surface area (Å²) in [5.74, 6) is -0.127. The number of nitriles is 1. The number of aromatic nitrogens is 1. The lowest BCUT2D eigenvalue weighted by Gasteiger charge is -2.37. The van der Waals surface area contributed by atoms with E-state index in [1.807, 2.05) is 0 Å². The lowest BCUT2D eigenvalue weighted by molar-refractivity contribution is -0.143. The molecule has 126 valence electrons. The molecule has 3 heterocycles. The fourth-order valence-electron chi connectivity index (χ4n) is 3.79. The zero-order valence-electron chi connectivity index (χ0n) is 13.9. The highest BCUT2D eigenvalue weighted by atomic mass is 16.2. The standard InChI is InChI=1S/C17H20N4O3/c1-11-13(8-12(9-18)14(22)19-11)15(23)21-7-5-17(10-21)4-3-6-20(2)16(17)24/h8H,3-7,10H2,1-2H3,(H,19,22)/t17-/m0/s1. The van der Waals surface area contributed by atoms with Crippen molar-refractivity contribution in [2.45, 2.75) is 26.2 Å². The molecule has 3 rings (SSSR count). The van der Waals surface area contributed by atoms with Crippen LogP contribution < -0.4 is 5.56 Å². The quantitative estimate of drug-likeness (QED) is 0.818. The number of hydrogen-bond donors (Lipinski definition) is 1. The van der Waals surface area contributed by atoms with Gasteiger partial charge in [0, 0.05) is 32.4 Å². The summed E-state index contributed by atoms with van der Waals surface area (Å²) in [7, 11) is 1.80. The Hall–Kier alpha value is -2.62. The van der Waals surface area contributed by atoms with Crippen molar-refractivity contribution >= 4 is 11.8 Å². The minimum Gasteiger partial charge on any atom is -0.345 e. The minimum absolute atomic E-state index is 0.0775. The van der Waals surface area contributed by atoms with E-state index in [-0.39, 0.29) is 17.4 Å². The second-order valence-electron chi connectivity index (χ2n) is 6.75. The van der Waals surface area contributed by atoms with Crippen LogP contribution >= 0.6 is 0 Å².